The van der Waals surface area contributed by atoms with E-state index in [9.17, 15) is 14.7 Å². The van der Waals surface area contributed by atoms with Crippen LogP contribution in [-0.4, -0.2) is 70.8 Å². The molecule has 0 spiro atoms. The summed E-state index contributed by atoms with van der Waals surface area (Å²) in [5.74, 6) is 0.325. The number of benzene rings is 2. The van der Waals surface area contributed by atoms with Gasteiger partial charge in [0.2, 0.25) is 11.9 Å². The number of rotatable bonds is 9. The Morgan fingerprint density at radius 3 is 2.76 bits per heavy atom. The molecule has 2 aliphatic rings. The fourth-order valence-corrected chi connectivity index (χ4v) is 5.38. The number of ether oxygens (including phenoxy) is 2. The number of anilines is 1. The summed E-state index contributed by atoms with van der Waals surface area (Å²) in [5.41, 5.74) is 2.40. The van der Waals surface area contributed by atoms with Crippen molar-refractivity contribution in [3.8, 4) is 17.0 Å². The summed E-state index contributed by atoms with van der Waals surface area (Å²) < 4.78 is 10.7. The summed E-state index contributed by atoms with van der Waals surface area (Å²) in [6, 6.07) is 12.0. The van der Waals surface area contributed by atoms with E-state index in [0.717, 1.165) is 24.0 Å². The topological polar surface area (TPSA) is 126 Å². The number of nitrogens with zero attached hydrogens (tertiary/aromatic N) is 3. The summed E-state index contributed by atoms with van der Waals surface area (Å²) in [6.45, 7) is 4.77. The van der Waals surface area contributed by atoms with Gasteiger partial charge in [0.15, 0.2) is 0 Å². The molecule has 5 rings (SSSR count). The maximum Gasteiger partial charge on any atom is 0.255 e. The maximum atomic E-state index is 13.5. The summed E-state index contributed by atoms with van der Waals surface area (Å²) in [7, 11) is 1.58. The number of nitrogens with one attached hydrogen (secondary N) is 2. The number of aliphatic hydroxyl groups is 1. The minimum atomic E-state index is -1.07. The number of carbonyl (C=O) groups excluding carboxylic acids is 2. The molecule has 1 aromatic heterocycles. The van der Waals surface area contributed by atoms with Gasteiger partial charge in [-0.15, -0.1) is 0 Å². The SMILES string of the molecule is COc1cccc(C(C)(C)NC(=O)[C@@H](CO)N2Cc3ccc(-c4nc(NC5CCOCC5)ncc4Cl)cc3C2=O)c1. The third kappa shape index (κ3) is 6.14. The van der Waals surface area contributed by atoms with Crippen molar-refractivity contribution in [3.05, 3.63) is 70.4 Å². The lowest BCUT2D eigenvalue weighted by molar-refractivity contribution is -0.128. The van der Waals surface area contributed by atoms with E-state index in [1.54, 1.807) is 19.4 Å². The first-order chi connectivity index (χ1) is 19.7. The third-order valence-electron chi connectivity index (χ3n) is 7.59. The average molecular weight is 580 g/mol. The van der Waals surface area contributed by atoms with Crippen molar-refractivity contribution in [1.29, 1.82) is 0 Å². The van der Waals surface area contributed by atoms with Crippen LogP contribution in [0.25, 0.3) is 11.3 Å². The second kappa shape index (κ2) is 12.0. The van der Waals surface area contributed by atoms with E-state index in [0.29, 0.717) is 46.8 Å². The molecule has 0 aliphatic carbocycles. The molecule has 2 aromatic carbocycles. The van der Waals surface area contributed by atoms with Gasteiger partial charge >= 0.3 is 0 Å². The molecule has 3 N–H and O–H groups in total. The van der Waals surface area contributed by atoms with Crippen molar-refractivity contribution in [1.82, 2.24) is 20.2 Å². The molecule has 1 atom stereocenters. The molecular formula is C30H34ClN5O5. The lowest BCUT2D eigenvalue weighted by atomic mass is 9.93. The highest BCUT2D eigenvalue weighted by Gasteiger charge is 2.38. The van der Waals surface area contributed by atoms with Crippen LogP contribution in [0.3, 0.4) is 0 Å². The van der Waals surface area contributed by atoms with Crippen molar-refractivity contribution >= 4 is 29.4 Å². The second-order valence-electron chi connectivity index (χ2n) is 10.8. The molecule has 3 heterocycles. The van der Waals surface area contributed by atoms with Gasteiger partial charge in [-0.3, -0.25) is 9.59 Å². The molecule has 3 aromatic rings. The molecule has 1 saturated heterocycles. The summed E-state index contributed by atoms with van der Waals surface area (Å²) in [5, 5.41) is 16.9. The molecule has 10 nitrogen and oxygen atoms in total. The average Bonchev–Trinajstić information content (AvgIpc) is 3.30. The zero-order valence-corrected chi connectivity index (χ0v) is 24.1. The minimum absolute atomic E-state index is 0.195. The summed E-state index contributed by atoms with van der Waals surface area (Å²) in [4.78, 5) is 37.3. The van der Waals surface area contributed by atoms with Crippen LogP contribution in [0.2, 0.25) is 5.02 Å². The number of aromatic nitrogens is 2. The fourth-order valence-electron chi connectivity index (χ4n) is 5.18. The lowest BCUT2D eigenvalue weighted by Gasteiger charge is -2.32. The highest BCUT2D eigenvalue weighted by molar-refractivity contribution is 6.33. The van der Waals surface area contributed by atoms with Crippen LogP contribution >= 0.6 is 11.6 Å². The number of carbonyl (C=O) groups is 2. The number of hydrogen-bond acceptors (Lipinski definition) is 8. The monoisotopic (exact) mass is 579 g/mol. The Morgan fingerprint density at radius 2 is 2.02 bits per heavy atom. The number of amides is 2. The van der Waals surface area contributed by atoms with Crippen molar-refractivity contribution < 1.29 is 24.2 Å². The Labute approximate surface area is 244 Å². The van der Waals surface area contributed by atoms with E-state index in [1.807, 2.05) is 50.2 Å². The predicted molar refractivity (Wildman–Crippen MR) is 155 cm³/mol. The first-order valence-corrected chi connectivity index (χ1v) is 14.0. The highest BCUT2D eigenvalue weighted by atomic mass is 35.5. The van der Waals surface area contributed by atoms with Crippen molar-refractivity contribution in [2.45, 2.75) is 50.9 Å². The molecule has 0 unspecified atom stereocenters. The van der Waals surface area contributed by atoms with Crippen molar-refractivity contribution in [2.24, 2.45) is 0 Å². The molecule has 1 fully saturated rings. The zero-order chi connectivity index (χ0) is 29.1. The van der Waals surface area contributed by atoms with Gasteiger partial charge in [0.1, 0.15) is 11.8 Å². The van der Waals surface area contributed by atoms with E-state index in [4.69, 9.17) is 21.1 Å². The minimum Gasteiger partial charge on any atom is -0.497 e. The normalized spacial score (nSPS) is 16.3. The van der Waals surface area contributed by atoms with Gasteiger partial charge < -0.3 is 30.1 Å². The Hall–Kier alpha value is -3.73. The van der Waals surface area contributed by atoms with Crippen LogP contribution in [0.1, 0.15) is 48.2 Å². The van der Waals surface area contributed by atoms with Crippen molar-refractivity contribution in [2.75, 3.05) is 32.2 Å². The molecule has 0 radical (unpaired) electrons. The van der Waals surface area contributed by atoms with Gasteiger partial charge in [-0.25, -0.2) is 9.97 Å². The van der Waals surface area contributed by atoms with Crippen molar-refractivity contribution in [3.63, 3.8) is 0 Å². The number of halogens is 1. The Morgan fingerprint density at radius 1 is 1.24 bits per heavy atom. The molecule has 216 valence electrons. The van der Waals surface area contributed by atoms with Crippen LogP contribution < -0.4 is 15.4 Å². The van der Waals surface area contributed by atoms with Crippen LogP contribution in [-0.2, 0) is 21.6 Å². The quantitative estimate of drug-likeness (QED) is 0.350. The Balaban J connectivity index is 1.34. The van der Waals surface area contributed by atoms with Gasteiger partial charge in [-0.1, -0.05) is 35.9 Å². The van der Waals surface area contributed by atoms with Gasteiger partial charge in [0, 0.05) is 36.9 Å². The first kappa shape index (κ1) is 28.8. The standard InChI is InChI=1S/C30H34ClN5O5/c1-30(2,20-5-4-6-22(14-20)40-3)35-27(38)25(17-37)36-16-19-8-7-18(13-23(19)28(36)39)26-24(31)15-32-29(34-26)33-21-9-11-41-12-10-21/h4-8,13-15,21,25,37H,9-12,16-17H2,1-3H3,(H,35,38)(H,32,33,34)/t25-/m1/s1. The van der Waals surface area contributed by atoms with Gasteiger partial charge in [-0.2, -0.15) is 0 Å². The molecule has 2 aliphatic heterocycles. The number of aliphatic hydroxyl groups excluding tert-OH is 1. The number of fused-ring (bicyclic) bond motifs is 1. The van der Waals surface area contributed by atoms with E-state index in [2.05, 4.69) is 20.6 Å². The highest BCUT2D eigenvalue weighted by Crippen LogP contribution is 2.33. The van der Waals surface area contributed by atoms with Crippen LogP contribution in [0.4, 0.5) is 5.95 Å². The molecule has 2 amide bonds. The summed E-state index contributed by atoms with van der Waals surface area (Å²) in [6.07, 6.45) is 3.27. The first-order valence-electron chi connectivity index (χ1n) is 13.6. The molecule has 0 bridgehead atoms. The number of hydrogen-bond donors (Lipinski definition) is 3. The number of methoxy groups -OCH3 is 1. The molecule has 41 heavy (non-hydrogen) atoms. The smallest absolute Gasteiger partial charge is 0.255 e. The van der Waals surface area contributed by atoms with Gasteiger partial charge in [0.25, 0.3) is 5.91 Å². The zero-order valence-electron chi connectivity index (χ0n) is 23.3. The van der Waals surface area contributed by atoms with E-state index < -0.39 is 24.1 Å². The fraction of sp³-hybridized carbons (Fsp3) is 0.400. The van der Waals surface area contributed by atoms with Crippen LogP contribution in [0.15, 0.2) is 48.7 Å². The molecule has 11 heteroatoms. The van der Waals surface area contributed by atoms with Gasteiger partial charge in [0.05, 0.1) is 36.2 Å². The second-order valence-corrected chi connectivity index (χ2v) is 11.2. The van der Waals surface area contributed by atoms with Gasteiger partial charge in [-0.05, 0) is 56.0 Å². The predicted octanol–water partition coefficient (Wildman–Crippen LogP) is 3.76. The molecular weight excluding hydrogens is 546 g/mol. The van der Waals surface area contributed by atoms with Crippen LogP contribution in [0, 0.1) is 0 Å². The Kier molecular flexibility index (Phi) is 8.44. The maximum absolute atomic E-state index is 13.5. The summed E-state index contributed by atoms with van der Waals surface area (Å²) >= 11 is 6.47. The molecule has 0 saturated carbocycles. The Bertz CT molecular complexity index is 1440. The van der Waals surface area contributed by atoms with E-state index >= 15 is 0 Å². The largest absolute Gasteiger partial charge is 0.497 e. The van der Waals surface area contributed by atoms with E-state index in [1.165, 1.54) is 4.90 Å². The third-order valence-corrected chi connectivity index (χ3v) is 7.87. The van der Waals surface area contributed by atoms with E-state index in [-0.39, 0.29) is 18.5 Å². The van der Waals surface area contributed by atoms with Crippen LogP contribution in [0.5, 0.6) is 5.75 Å². The lowest BCUT2D eigenvalue weighted by Crippen LogP contribution is -2.53.